The second-order valence-corrected chi connectivity index (χ2v) is 4.52. The van der Waals surface area contributed by atoms with Gasteiger partial charge in [0.1, 0.15) is 0 Å². The van der Waals surface area contributed by atoms with Crippen LogP contribution in [0.4, 0.5) is 0 Å². The number of nitrogens with one attached hydrogen (secondary N) is 1. The van der Waals surface area contributed by atoms with Crippen molar-refractivity contribution in [2.45, 2.75) is 38.3 Å². The maximum absolute atomic E-state index is 11.5. The van der Waals surface area contributed by atoms with Crippen molar-refractivity contribution in [3.8, 4) is 0 Å². The summed E-state index contributed by atoms with van der Waals surface area (Å²) in [6.07, 6.45) is 1.57. The van der Waals surface area contributed by atoms with Crippen LogP contribution in [0.3, 0.4) is 0 Å². The van der Waals surface area contributed by atoms with Gasteiger partial charge in [-0.15, -0.1) is 0 Å². The second-order valence-electron chi connectivity index (χ2n) is 4.52. The maximum Gasteiger partial charge on any atom is 0.220 e. The highest BCUT2D eigenvalue weighted by atomic mass is 16.5. The van der Waals surface area contributed by atoms with E-state index in [0.717, 1.165) is 6.42 Å². The first-order valence-electron chi connectivity index (χ1n) is 6.12. The quantitative estimate of drug-likeness (QED) is 0.866. The average molecular weight is 233 g/mol. The summed E-state index contributed by atoms with van der Waals surface area (Å²) >= 11 is 0. The third-order valence-corrected chi connectivity index (χ3v) is 3.43. The number of rotatable bonds is 4. The summed E-state index contributed by atoms with van der Waals surface area (Å²) in [5, 5.41) is 3.04. The lowest BCUT2D eigenvalue weighted by atomic mass is 9.87. The topological polar surface area (TPSA) is 38.3 Å². The monoisotopic (exact) mass is 233 g/mol. The zero-order valence-corrected chi connectivity index (χ0v) is 10.4. The predicted octanol–water partition coefficient (Wildman–Crippen LogP) is 2.22. The Balaban J connectivity index is 2.29. The van der Waals surface area contributed by atoms with Gasteiger partial charge in [0.2, 0.25) is 5.91 Å². The van der Waals surface area contributed by atoms with Crippen LogP contribution in [-0.4, -0.2) is 19.1 Å². The molecule has 1 amide bonds. The number of benzene rings is 1. The number of hydrogen-bond donors (Lipinski definition) is 1. The van der Waals surface area contributed by atoms with E-state index in [1.165, 1.54) is 11.1 Å². The standard InChI is InChI=1S/C14H19NO2/c1-3-13-12(8-14(16)15-13)11-7-5-4-6-10(11)9-17-2/h4-7,12-13H,3,8-9H2,1-2H3,(H,15,16). The minimum absolute atomic E-state index is 0.161. The minimum atomic E-state index is 0.161. The number of ether oxygens (including phenoxy) is 1. The van der Waals surface area contributed by atoms with Crippen LogP contribution in [0.5, 0.6) is 0 Å². The molecule has 0 aromatic heterocycles. The Morgan fingerprint density at radius 3 is 2.88 bits per heavy atom. The molecule has 1 N–H and O–H groups in total. The molecule has 1 aliphatic rings. The first kappa shape index (κ1) is 12.1. The molecule has 1 aromatic rings. The summed E-state index contributed by atoms with van der Waals surface area (Å²) in [5.41, 5.74) is 2.44. The first-order chi connectivity index (χ1) is 8.26. The van der Waals surface area contributed by atoms with E-state index in [0.29, 0.717) is 18.9 Å². The molecule has 1 heterocycles. The molecule has 0 bridgehead atoms. The van der Waals surface area contributed by atoms with Gasteiger partial charge in [-0.05, 0) is 17.5 Å². The first-order valence-corrected chi connectivity index (χ1v) is 6.12. The van der Waals surface area contributed by atoms with Crippen molar-refractivity contribution in [1.29, 1.82) is 0 Å². The van der Waals surface area contributed by atoms with Gasteiger partial charge in [-0.25, -0.2) is 0 Å². The van der Waals surface area contributed by atoms with Gasteiger partial charge < -0.3 is 10.1 Å². The summed E-state index contributed by atoms with van der Waals surface area (Å²) in [6, 6.07) is 8.50. The molecule has 2 atom stereocenters. The number of amides is 1. The van der Waals surface area contributed by atoms with Gasteiger partial charge in [-0.3, -0.25) is 4.79 Å². The fraction of sp³-hybridized carbons (Fsp3) is 0.500. The van der Waals surface area contributed by atoms with Gasteiger partial charge in [0.15, 0.2) is 0 Å². The fourth-order valence-corrected chi connectivity index (χ4v) is 2.60. The van der Waals surface area contributed by atoms with Crippen LogP contribution < -0.4 is 5.32 Å². The summed E-state index contributed by atoms with van der Waals surface area (Å²) < 4.78 is 5.22. The zero-order chi connectivity index (χ0) is 12.3. The van der Waals surface area contributed by atoms with Crippen LogP contribution in [0.15, 0.2) is 24.3 Å². The minimum Gasteiger partial charge on any atom is -0.380 e. The smallest absolute Gasteiger partial charge is 0.220 e. The lowest BCUT2D eigenvalue weighted by molar-refractivity contribution is -0.119. The van der Waals surface area contributed by atoms with Crippen LogP contribution in [-0.2, 0) is 16.1 Å². The average Bonchev–Trinajstić information content (AvgIpc) is 2.71. The second kappa shape index (κ2) is 5.32. The van der Waals surface area contributed by atoms with E-state index in [4.69, 9.17) is 4.74 Å². The molecule has 1 aliphatic heterocycles. The van der Waals surface area contributed by atoms with Crippen molar-refractivity contribution in [3.63, 3.8) is 0 Å². The van der Waals surface area contributed by atoms with E-state index >= 15 is 0 Å². The van der Waals surface area contributed by atoms with Crippen molar-refractivity contribution in [1.82, 2.24) is 5.32 Å². The number of carbonyl (C=O) groups excluding carboxylic acids is 1. The fourth-order valence-electron chi connectivity index (χ4n) is 2.60. The summed E-state index contributed by atoms with van der Waals surface area (Å²) in [6.45, 7) is 2.72. The van der Waals surface area contributed by atoms with E-state index in [9.17, 15) is 4.79 Å². The molecule has 0 spiro atoms. The number of carbonyl (C=O) groups is 1. The lowest BCUT2D eigenvalue weighted by Gasteiger charge is -2.20. The Hall–Kier alpha value is -1.35. The molecule has 0 radical (unpaired) electrons. The zero-order valence-electron chi connectivity index (χ0n) is 10.4. The molecule has 3 nitrogen and oxygen atoms in total. The highest BCUT2D eigenvalue weighted by Gasteiger charge is 2.33. The number of methoxy groups -OCH3 is 1. The molecule has 1 fully saturated rings. The molecule has 0 saturated carbocycles. The maximum atomic E-state index is 11.5. The van der Waals surface area contributed by atoms with Crippen LogP contribution in [0.2, 0.25) is 0 Å². The molecule has 92 valence electrons. The van der Waals surface area contributed by atoms with Gasteiger partial charge in [-0.2, -0.15) is 0 Å². The van der Waals surface area contributed by atoms with Gasteiger partial charge in [0.25, 0.3) is 0 Å². The van der Waals surface area contributed by atoms with Crippen LogP contribution in [0.25, 0.3) is 0 Å². The van der Waals surface area contributed by atoms with Crippen molar-refractivity contribution >= 4 is 5.91 Å². The van der Waals surface area contributed by atoms with Crippen LogP contribution >= 0.6 is 0 Å². The van der Waals surface area contributed by atoms with E-state index in [1.807, 2.05) is 12.1 Å². The molecule has 17 heavy (non-hydrogen) atoms. The van der Waals surface area contributed by atoms with Crippen LogP contribution in [0, 0.1) is 0 Å². The van der Waals surface area contributed by atoms with Gasteiger partial charge in [-0.1, -0.05) is 31.2 Å². The third-order valence-electron chi connectivity index (χ3n) is 3.43. The number of hydrogen-bond acceptors (Lipinski definition) is 2. The van der Waals surface area contributed by atoms with Crippen molar-refractivity contribution in [2.24, 2.45) is 0 Å². The van der Waals surface area contributed by atoms with E-state index in [-0.39, 0.29) is 11.9 Å². The molecule has 2 rings (SSSR count). The van der Waals surface area contributed by atoms with E-state index in [1.54, 1.807) is 7.11 Å². The predicted molar refractivity (Wildman–Crippen MR) is 66.7 cm³/mol. The van der Waals surface area contributed by atoms with Crippen LogP contribution in [0.1, 0.15) is 36.8 Å². The molecular formula is C14H19NO2. The van der Waals surface area contributed by atoms with E-state index < -0.39 is 0 Å². The molecular weight excluding hydrogens is 214 g/mol. The Morgan fingerprint density at radius 1 is 1.41 bits per heavy atom. The summed E-state index contributed by atoms with van der Waals surface area (Å²) in [5.74, 6) is 0.452. The molecule has 1 aromatic carbocycles. The normalized spacial score (nSPS) is 23.8. The Morgan fingerprint density at radius 2 is 2.18 bits per heavy atom. The SMILES string of the molecule is CCC1NC(=O)CC1c1ccccc1COC. The highest BCUT2D eigenvalue weighted by molar-refractivity contribution is 5.80. The lowest BCUT2D eigenvalue weighted by Crippen LogP contribution is -2.27. The van der Waals surface area contributed by atoms with Gasteiger partial charge >= 0.3 is 0 Å². The Labute approximate surface area is 102 Å². The Bertz CT molecular complexity index is 403. The van der Waals surface area contributed by atoms with Gasteiger partial charge in [0.05, 0.1) is 6.61 Å². The molecule has 0 aliphatic carbocycles. The summed E-state index contributed by atoms with van der Waals surface area (Å²) in [4.78, 5) is 11.5. The summed E-state index contributed by atoms with van der Waals surface area (Å²) in [7, 11) is 1.70. The third kappa shape index (κ3) is 2.50. The molecule has 3 heteroatoms. The van der Waals surface area contributed by atoms with Crippen molar-refractivity contribution in [3.05, 3.63) is 35.4 Å². The highest BCUT2D eigenvalue weighted by Crippen LogP contribution is 2.32. The van der Waals surface area contributed by atoms with Crippen molar-refractivity contribution in [2.75, 3.05) is 7.11 Å². The van der Waals surface area contributed by atoms with Gasteiger partial charge in [0, 0.05) is 25.5 Å². The largest absolute Gasteiger partial charge is 0.380 e. The van der Waals surface area contributed by atoms with Crippen molar-refractivity contribution < 1.29 is 9.53 Å². The molecule has 1 saturated heterocycles. The Kier molecular flexibility index (Phi) is 3.79. The van der Waals surface area contributed by atoms with E-state index in [2.05, 4.69) is 24.4 Å². The molecule has 2 unspecified atom stereocenters.